The molecule has 32 heavy (non-hydrogen) atoms. The molecule has 3 rings (SSSR count). The van der Waals surface area contributed by atoms with Crippen molar-refractivity contribution in [2.45, 2.75) is 26.1 Å². The van der Waals surface area contributed by atoms with Gasteiger partial charge < -0.3 is 9.64 Å². The average Bonchev–Trinajstić information content (AvgIpc) is 3.26. The summed E-state index contributed by atoms with van der Waals surface area (Å²) >= 11 is 0. The van der Waals surface area contributed by atoms with Crippen molar-refractivity contribution < 1.29 is 31.5 Å². The van der Waals surface area contributed by atoms with Gasteiger partial charge in [-0.05, 0) is 19.9 Å². The Balaban J connectivity index is 1.79. The van der Waals surface area contributed by atoms with Crippen LogP contribution < -0.4 is 4.74 Å². The molecule has 0 aliphatic heterocycles. The highest BCUT2D eigenvalue weighted by molar-refractivity contribution is 5.98. The lowest BCUT2D eigenvalue weighted by molar-refractivity contribution is -0.141. The molecule has 1 aromatic carbocycles. The number of alkyl halides is 3. The molecule has 0 aliphatic carbocycles. The second kappa shape index (κ2) is 9.24. The maximum atomic E-state index is 14.5. The third-order valence-electron chi connectivity index (χ3n) is 4.40. The van der Waals surface area contributed by atoms with Gasteiger partial charge in [0, 0.05) is 12.6 Å². The monoisotopic (exact) mass is 456 g/mol. The summed E-state index contributed by atoms with van der Waals surface area (Å²) in [5, 5.41) is 7.61. The molecule has 0 radical (unpaired) electrons. The summed E-state index contributed by atoms with van der Waals surface area (Å²) in [6, 6.07) is 0.852. The fourth-order valence-electron chi connectivity index (χ4n) is 2.91. The number of rotatable bonds is 7. The molecule has 1 amide bonds. The fourth-order valence-corrected chi connectivity index (χ4v) is 2.91. The van der Waals surface area contributed by atoms with Crippen molar-refractivity contribution in [3.05, 3.63) is 59.8 Å². The third kappa shape index (κ3) is 4.98. The molecule has 8 nitrogen and oxygen atoms in total. The third-order valence-corrected chi connectivity index (χ3v) is 4.40. The topological polar surface area (TPSA) is 86.0 Å². The Bertz CT molecular complexity index is 1070. The van der Waals surface area contributed by atoms with E-state index in [1.807, 2.05) is 0 Å². The van der Waals surface area contributed by atoms with E-state index in [1.54, 1.807) is 13.8 Å². The fraction of sp³-hybridized carbons (Fsp3) is 0.316. The van der Waals surface area contributed by atoms with Crippen molar-refractivity contribution >= 4 is 5.91 Å². The number of likely N-dealkylation sites (N-methyl/N-ethyl adjacent to an activating group) is 1. The van der Waals surface area contributed by atoms with Gasteiger partial charge in [0.2, 0.25) is 5.88 Å². The van der Waals surface area contributed by atoms with Crippen molar-refractivity contribution in [2.75, 3.05) is 13.2 Å². The Morgan fingerprint density at radius 1 is 1.16 bits per heavy atom. The molecule has 0 N–H and O–H groups in total. The van der Waals surface area contributed by atoms with E-state index in [-0.39, 0.29) is 30.3 Å². The van der Waals surface area contributed by atoms with Gasteiger partial charge in [0.25, 0.3) is 5.91 Å². The van der Waals surface area contributed by atoms with Crippen LogP contribution in [0.25, 0.3) is 5.69 Å². The number of carbonyl (C=O) groups excluding carboxylic acids is 1. The predicted octanol–water partition coefficient (Wildman–Crippen LogP) is 3.28. The number of halogens is 5. The number of nitrogens with zero attached hydrogens (tertiary/aromatic N) is 6. The summed E-state index contributed by atoms with van der Waals surface area (Å²) in [6.07, 6.45) is -0.739. The molecule has 0 fully saturated rings. The van der Waals surface area contributed by atoms with Crippen LogP contribution in [0.5, 0.6) is 5.88 Å². The molecule has 13 heteroatoms. The van der Waals surface area contributed by atoms with Crippen LogP contribution in [0.1, 0.15) is 29.9 Å². The summed E-state index contributed by atoms with van der Waals surface area (Å²) in [4.78, 5) is 22.1. The first kappa shape index (κ1) is 23.0. The first-order valence-corrected chi connectivity index (χ1v) is 9.30. The number of amides is 1. The first-order chi connectivity index (χ1) is 15.1. The van der Waals surface area contributed by atoms with Gasteiger partial charge in [-0.3, -0.25) is 4.79 Å². The highest BCUT2D eigenvalue weighted by atomic mass is 19.4. The molecule has 0 spiro atoms. The lowest BCUT2D eigenvalue weighted by atomic mass is 10.1. The minimum atomic E-state index is -4.63. The zero-order valence-corrected chi connectivity index (χ0v) is 16.8. The standard InChI is InChI=1S/C19H17F5N6O2/c1-3-29(11(2)10-32-16-9-25-15(8-26-16)19(22,23)24)18(31)13-6-12(20)7-14(21)17(13)30-27-4-5-28-30/h4-9,11H,3,10H2,1-2H3/t11-/m0/s1. The highest BCUT2D eigenvalue weighted by Gasteiger charge is 2.33. The van der Waals surface area contributed by atoms with Crippen LogP contribution in [0.3, 0.4) is 0 Å². The smallest absolute Gasteiger partial charge is 0.434 e. The Hall–Kier alpha value is -3.64. The van der Waals surface area contributed by atoms with Crippen LogP contribution in [-0.2, 0) is 6.18 Å². The molecule has 2 aromatic heterocycles. The van der Waals surface area contributed by atoms with Crippen molar-refractivity contribution in [1.82, 2.24) is 29.9 Å². The predicted molar refractivity (Wildman–Crippen MR) is 100.0 cm³/mol. The van der Waals surface area contributed by atoms with E-state index in [9.17, 15) is 26.7 Å². The zero-order chi connectivity index (χ0) is 23.5. The molecule has 0 saturated carbocycles. The molecular formula is C19H17F5N6O2. The summed E-state index contributed by atoms with van der Waals surface area (Å²) < 4.78 is 71.4. The molecule has 0 saturated heterocycles. The molecule has 0 aliphatic rings. The van der Waals surface area contributed by atoms with Crippen LogP contribution in [0.15, 0.2) is 36.9 Å². The minimum Gasteiger partial charge on any atom is -0.474 e. The number of aromatic nitrogens is 5. The van der Waals surface area contributed by atoms with Crippen LogP contribution >= 0.6 is 0 Å². The zero-order valence-electron chi connectivity index (χ0n) is 16.8. The van der Waals surface area contributed by atoms with Crippen molar-refractivity contribution in [1.29, 1.82) is 0 Å². The highest BCUT2D eigenvalue weighted by Crippen LogP contribution is 2.27. The Morgan fingerprint density at radius 2 is 1.84 bits per heavy atom. The van der Waals surface area contributed by atoms with Crippen molar-refractivity contribution in [3.63, 3.8) is 0 Å². The van der Waals surface area contributed by atoms with E-state index in [4.69, 9.17) is 4.74 Å². The first-order valence-electron chi connectivity index (χ1n) is 9.30. The molecule has 170 valence electrons. The maximum Gasteiger partial charge on any atom is 0.434 e. The molecular weight excluding hydrogens is 439 g/mol. The van der Waals surface area contributed by atoms with Crippen molar-refractivity contribution in [3.8, 4) is 11.6 Å². The molecule has 2 heterocycles. The van der Waals surface area contributed by atoms with Gasteiger partial charge in [-0.15, -0.1) is 4.80 Å². The van der Waals surface area contributed by atoms with E-state index in [0.717, 1.165) is 17.1 Å². The molecule has 0 bridgehead atoms. The van der Waals surface area contributed by atoms with Crippen molar-refractivity contribution in [2.24, 2.45) is 0 Å². The lowest BCUT2D eigenvalue weighted by Gasteiger charge is -2.28. The van der Waals surface area contributed by atoms with Gasteiger partial charge in [-0.2, -0.15) is 23.4 Å². The summed E-state index contributed by atoms with van der Waals surface area (Å²) in [5.74, 6) is -2.87. The van der Waals surface area contributed by atoms with E-state index in [2.05, 4.69) is 20.2 Å². The Kier molecular flexibility index (Phi) is 6.65. The quantitative estimate of drug-likeness (QED) is 0.508. The summed E-state index contributed by atoms with van der Waals surface area (Å²) in [5.41, 5.74) is -1.79. The number of carbonyl (C=O) groups is 1. The van der Waals surface area contributed by atoms with E-state index < -0.39 is 35.5 Å². The van der Waals surface area contributed by atoms with Gasteiger partial charge in [0.15, 0.2) is 11.5 Å². The van der Waals surface area contributed by atoms with Gasteiger partial charge in [-0.1, -0.05) is 0 Å². The van der Waals surface area contributed by atoms with Gasteiger partial charge in [0.05, 0.1) is 36.4 Å². The van der Waals surface area contributed by atoms with E-state index in [0.29, 0.717) is 12.3 Å². The van der Waals surface area contributed by atoms with Crippen LogP contribution in [0, 0.1) is 11.6 Å². The SMILES string of the molecule is CCN(C(=O)c1cc(F)cc(F)c1-n1nccn1)[C@@H](C)COc1cnc(C(F)(F)F)cn1. The van der Waals surface area contributed by atoms with E-state index >= 15 is 0 Å². The van der Waals surface area contributed by atoms with Crippen LogP contribution in [-0.4, -0.2) is 55.0 Å². The number of hydrogen-bond acceptors (Lipinski definition) is 6. The maximum absolute atomic E-state index is 14.5. The number of ether oxygens (including phenoxy) is 1. The summed E-state index contributed by atoms with van der Waals surface area (Å²) in [7, 11) is 0. The lowest BCUT2D eigenvalue weighted by Crippen LogP contribution is -2.42. The second-order valence-corrected chi connectivity index (χ2v) is 6.59. The average molecular weight is 456 g/mol. The molecule has 3 aromatic rings. The van der Waals surface area contributed by atoms with Crippen LogP contribution in [0.4, 0.5) is 22.0 Å². The van der Waals surface area contributed by atoms with Gasteiger partial charge >= 0.3 is 6.18 Å². The van der Waals surface area contributed by atoms with E-state index in [1.165, 1.54) is 17.3 Å². The normalized spacial score (nSPS) is 12.5. The van der Waals surface area contributed by atoms with Gasteiger partial charge in [0.1, 0.15) is 18.1 Å². The molecule has 1 atom stereocenters. The second-order valence-electron chi connectivity index (χ2n) is 6.59. The van der Waals surface area contributed by atoms with Crippen LogP contribution in [0.2, 0.25) is 0 Å². The Labute approximate surface area is 178 Å². The number of benzene rings is 1. The summed E-state index contributed by atoms with van der Waals surface area (Å²) in [6.45, 7) is 3.23. The number of hydrogen-bond donors (Lipinski definition) is 0. The largest absolute Gasteiger partial charge is 0.474 e. The Morgan fingerprint density at radius 3 is 2.41 bits per heavy atom. The van der Waals surface area contributed by atoms with Gasteiger partial charge in [-0.25, -0.2) is 18.7 Å². The minimum absolute atomic E-state index is 0.145. The molecule has 0 unspecified atom stereocenters.